The number of hydrogen-bond donors (Lipinski definition) is 1. The van der Waals surface area contributed by atoms with E-state index in [4.69, 9.17) is 4.74 Å². The number of halogens is 2. The fraction of sp³-hybridized carbons (Fsp3) is 0.316. The first-order valence-corrected chi connectivity index (χ1v) is 8.94. The molecule has 25 heavy (non-hydrogen) atoms. The predicted molar refractivity (Wildman–Crippen MR) is 106 cm³/mol. The average Bonchev–Trinajstić information content (AvgIpc) is 2.62. The highest BCUT2D eigenvalue weighted by Gasteiger charge is 2.22. The molecule has 1 heterocycles. The van der Waals surface area contributed by atoms with Crippen LogP contribution in [0.3, 0.4) is 0 Å². The number of carbonyl (C=O) groups is 1. The summed E-state index contributed by atoms with van der Waals surface area (Å²) in [5, 5.41) is 3.33. The molecule has 6 heteroatoms. The first-order chi connectivity index (χ1) is 11.6. The minimum Gasteiger partial charge on any atom is -0.457 e. The summed E-state index contributed by atoms with van der Waals surface area (Å²) < 4.78 is 6.78. The third kappa shape index (κ3) is 5.21. The van der Waals surface area contributed by atoms with Crippen LogP contribution in [-0.2, 0) is 0 Å². The molecule has 1 saturated heterocycles. The number of benzene rings is 2. The Balaban J connectivity index is 0.00000225. The lowest BCUT2D eigenvalue weighted by Crippen LogP contribution is -2.43. The number of carbonyl (C=O) groups excluding carboxylic acids is 1. The molecule has 1 N–H and O–H groups in total. The molecule has 1 aliphatic rings. The predicted octanol–water partition coefficient (Wildman–Crippen LogP) is 4.49. The van der Waals surface area contributed by atoms with Gasteiger partial charge in [-0.25, -0.2) is 0 Å². The van der Waals surface area contributed by atoms with Crippen LogP contribution < -0.4 is 10.1 Å². The van der Waals surface area contributed by atoms with Gasteiger partial charge in [0.2, 0.25) is 0 Å². The maximum absolute atomic E-state index is 12.6. The van der Waals surface area contributed by atoms with E-state index in [1.807, 2.05) is 60.5 Å². The molecule has 134 valence electrons. The molecule has 0 radical (unpaired) electrons. The maximum Gasteiger partial charge on any atom is 0.253 e. The number of nitrogens with zero attached hydrogens (tertiary/aromatic N) is 1. The smallest absolute Gasteiger partial charge is 0.253 e. The van der Waals surface area contributed by atoms with Gasteiger partial charge in [0.15, 0.2) is 0 Å². The van der Waals surface area contributed by atoms with Crippen molar-refractivity contribution in [2.24, 2.45) is 0 Å². The second-order valence-corrected chi connectivity index (χ2v) is 6.90. The minimum absolute atomic E-state index is 0. The molecule has 0 aromatic heterocycles. The molecule has 0 atom stereocenters. The monoisotopic (exact) mass is 424 g/mol. The molecule has 1 fully saturated rings. The summed E-state index contributed by atoms with van der Waals surface area (Å²) in [5.41, 5.74) is 0.692. The number of amides is 1. The van der Waals surface area contributed by atoms with Crippen molar-refractivity contribution in [1.82, 2.24) is 10.2 Å². The van der Waals surface area contributed by atoms with E-state index in [0.717, 1.165) is 36.2 Å². The summed E-state index contributed by atoms with van der Waals surface area (Å²) in [6, 6.07) is 15.3. The highest BCUT2D eigenvalue weighted by molar-refractivity contribution is 9.10. The number of rotatable bonds is 4. The first-order valence-electron chi connectivity index (χ1n) is 8.15. The van der Waals surface area contributed by atoms with E-state index < -0.39 is 0 Å². The zero-order valence-corrected chi connectivity index (χ0v) is 16.5. The Morgan fingerprint density at radius 1 is 1.12 bits per heavy atom. The zero-order chi connectivity index (χ0) is 16.9. The maximum atomic E-state index is 12.6. The molecule has 2 aromatic carbocycles. The molecule has 3 rings (SSSR count). The van der Waals surface area contributed by atoms with Crippen molar-refractivity contribution >= 4 is 34.2 Å². The molecule has 0 spiro atoms. The summed E-state index contributed by atoms with van der Waals surface area (Å²) in [6.45, 7) is 1.95. The zero-order valence-electron chi connectivity index (χ0n) is 14.1. The van der Waals surface area contributed by atoms with Gasteiger partial charge in [0.25, 0.3) is 5.91 Å². The molecule has 0 unspecified atom stereocenters. The number of hydrogen-bond acceptors (Lipinski definition) is 3. The summed E-state index contributed by atoms with van der Waals surface area (Å²) >= 11 is 3.43. The van der Waals surface area contributed by atoms with Gasteiger partial charge < -0.3 is 15.0 Å². The summed E-state index contributed by atoms with van der Waals surface area (Å²) in [4.78, 5) is 14.5. The van der Waals surface area contributed by atoms with Crippen LogP contribution in [0.4, 0.5) is 0 Å². The van der Waals surface area contributed by atoms with E-state index in [2.05, 4.69) is 21.2 Å². The average molecular weight is 426 g/mol. The Kier molecular flexibility index (Phi) is 7.29. The van der Waals surface area contributed by atoms with Gasteiger partial charge in [-0.2, -0.15) is 0 Å². The second kappa shape index (κ2) is 9.22. The number of ether oxygens (including phenoxy) is 1. The fourth-order valence-electron chi connectivity index (χ4n) is 2.90. The lowest BCUT2D eigenvalue weighted by Gasteiger charge is -2.31. The quantitative estimate of drug-likeness (QED) is 0.785. The molecular formula is C19H22BrClN2O2. The van der Waals surface area contributed by atoms with Crippen LogP contribution >= 0.6 is 28.3 Å². The normalized spacial score (nSPS) is 14.5. The van der Waals surface area contributed by atoms with Crippen LogP contribution in [0, 0.1) is 0 Å². The van der Waals surface area contributed by atoms with E-state index in [9.17, 15) is 4.79 Å². The highest BCUT2D eigenvalue weighted by atomic mass is 79.9. The third-order valence-electron chi connectivity index (χ3n) is 4.31. The Hall–Kier alpha value is -1.56. The van der Waals surface area contributed by atoms with Gasteiger partial charge in [0.1, 0.15) is 11.5 Å². The van der Waals surface area contributed by atoms with Crippen molar-refractivity contribution in [3.8, 4) is 11.5 Å². The van der Waals surface area contributed by atoms with Gasteiger partial charge in [0, 0.05) is 23.1 Å². The van der Waals surface area contributed by atoms with Crippen LogP contribution in [0.2, 0.25) is 0 Å². The van der Waals surface area contributed by atoms with Gasteiger partial charge in [-0.15, -0.1) is 12.4 Å². The Morgan fingerprint density at radius 3 is 2.44 bits per heavy atom. The summed E-state index contributed by atoms with van der Waals surface area (Å²) in [6.07, 6.45) is 2.01. The van der Waals surface area contributed by atoms with Crippen molar-refractivity contribution < 1.29 is 9.53 Å². The van der Waals surface area contributed by atoms with Crippen molar-refractivity contribution in [3.05, 3.63) is 58.6 Å². The Labute approximate surface area is 163 Å². The number of piperidine rings is 1. The van der Waals surface area contributed by atoms with Gasteiger partial charge in [-0.05, 0) is 68.4 Å². The largest absolute Gasteiger partial charge is 0.457 e. The van der Waals surface area contributed by atoms with Crippen molar-refractivity contribution in [3.63, 3.8) is 0 Å². The lowest BCUT2D eigenvalue weighted by molar-refractivity contribution is 0.0703. The van der Waals surface area contributed by atoms with Gasteiger partial charge in [0.05, 0.1) is 0 Å². The van der Waals surface area contributed by atoms with E-state index in [0.29, 0.717) is 17.4 Å². The molecule has 1 aliphatic heterocycles. The van der Waals surface area contributed by atoms with Crippen LogP contribution in [0.15, 0.2) is 53.0 Å². The van der Waals surface area contributed by atoms with Crippen molar-refractivity contribution in [2.75, 3.05) is 20.1 Å². The third-order valence-corrected chi connectivity index (χ3v) is 4.80. The molecular weight excluding hydrogens is 404 g/mol. The van der Waals surface area contributed by atoms with Crippen molar-refractivity contribution in [1.29, 1.82) is 0 Å². The Bertz CT molecular complexity index is 703. The van der Waals surface area contributed by atoms with E-state index >= 15 is 0 Å². The second-order valence-electron chi connectivity index (χ2n) is 5.98. The molecule has 1 amide bonds. The molecule has 2 aromatic rings. The van der Waals surface area contributed by atoms with E-state index in [1.54, 1.807) is 0 Å². The van der Waals surface area contributed by atoms with E-state index in [-0.39, 0.29) is 18.3 Å². The number of nitrogens with one attached hydrogen (secondary N) is 1. The van der Waals surface area contributed by atoms with Crippen molar-refractivity contribution in [2.45, 2.75) is 18.9 Å². The highest BCUT2D eigenvalue weighted by Crippen LogP contribution is 2.25. The molecule has 0 saturated carbocycles. The van der Waals surface area contributed by atoms with Crippen LogP contribution in [0.1, 0.15) is 23.2 Å². The van der Waals surface area contributed by atoms with Gasteiger partial charge in [-0.3, -0.25) is 4.79 Å². The summed E-state index contributed by atoms with van der Waals surface area (Å²) in [7, 11) is 1.89. The fourth-order valence-corrected chi connectivity index (χ4v) is 3.27. The van der Waals surface area contributed by atoms with Crippen LogP contribution in [-0.4, -0.2) is 37.0 Å². The van der Waals surface area contributed by atoms with Gasteiger partial charge in [-0.1, -0.05) is 22.0 Å². The lowest BCUT2D eigenvalue weighted by atomic mass is 10.0. The Morgan fingerprint density at radius 2 is 1.80 bits per heavy atom. The first kappa shape index (κ1) is 19.8. The molecule has 4 nitrogen and oxygen atoms in total. The van der Waals surface area contributed by atoms with Crippen LogP contribution in [0.5, 0.6) is 11.5 Å². The summed E-state index contributed by atoms with van der Waals surface area (Å²) in [5.74, 6) is 1.54. The minimum atomic E-state index is 0. The molecule has 0 aliphatic carbocycles. The van der Waals surface area contributed by atoms with Crippen LogP contribution in [0.25, 0.3) is 0 Å². The van der Waals surface area contributed by atoms with Gasteiger partial charge >= 0.3 is 0 Å². The standard InChI is InChI=1S/C19H21BrN2O2.ClH/c1-22(16-9-11-21-12-10-16)19(23)14-5-7-17(8-6-14)24-18-4-2-3-15(20)13-18;/h2-8,13,16,21H,9-12H2,1H3;1H. The SMILES string of the molecule is CN(C(=O)c1ccc(Oc2cccc(Br)c2)cc1)C1CCNCC1.Cl. The van der Waals surface area contributed by atoms with E-state index in [1.165, 1.54) is 0 Å². The molecule has 0 bridgehead atoms. The topological polar surface area (TPSA) is 41.6 Å².